The van der Waals surface area contributed by atoms with Crippen LogP contribution < -0.4 is 5.73 Å². The maximum absolute atomic E-state index is 6.64. The predicted molar refractivity (Wildman–Crippen MR) is 72.0 cm³/mol. The van der Waals surface area contributed by atoms with Gasteiger partial charge in [-0.15, -0.1) is 0 Å². The summed E-state index contributed by atoms with van der Waals surface area (Å²) < 4.78 is 0. The molecule has 0 heterocycles. The molecule has 0 aliphatic heterocycles. The molecular weight excluding hydrogens is 230 g/mol. The van der Waals surface area contributed by atoms with Crippen LogP contribution >= 0.6 is 11.6 Å². The highest BCUT2D eigenvalue weighted by atomic mass is 35.5. The van der Waals surface area contributed by atoms with Gasteiger partial charge in [0, 0.05) is 10.6 Å². The molecule has 2 unspecified atom stereocenters. The molecule has 92 valence electrons. The van der Waals surface area contributed by atoms with E-state index >= 15 is 0 Å². The second kappa shape index (κ2) is 4.29. The van der Waals surface area contributed by atoms with Crippen molar-refractivity contribution in [2.75, 3.05) is 0 Å². The van der Waals surface area contributed by atoms with E-state index in [0.29, 0.717) is 0 Å². The fraction of sp³-hybridized carbons (Fsp3) is 0.600. The summed E-state index contributed by atoms with van der Waals surface area (Å²) in [6, 6.07) is 8.15. The third-order valence-corrected chi connectivity index (χ3v) is 4.78. The van der Waals surface area contributed by atoms with Crippen molar-refractivity contribution < 1.29 is 0 Å². The number of hydrogen-bond acceptors (Lipinski definition) is 1. The van der Waals surface area contributed by atoms with Crippen LogP contribution in [0.3, 0.4) is 0 Å². The molecule has 1 nitrogen and oxygen atoms in total. The number of hydrogen-bond donors (Lipinski definition) is 1. The monoisotopic (exact) mass is 249 g/mol. The second-order valence-corrected chi connectivity index (χ2v) is 6.29. The Morgan fingerprint density at radius 2 is 1.76 bits per heavy atom. The van der Waals surface area contributed by atoms with Crippen LogP contribution in [0, 0.1) is 11.8 Å². The van der Waals surface area contributed by atoms with Gasteiger partial charge in [-0.25, -0.2) is 0 Å². The van der Waals surface area contributed by atoms with E-state index in [0.717, 1.165) is 23.3 Å². The van der Waals surface area contributed by atoms with Crippen LogP contribution in [0.25, 0.3) is 0 Å². The fourth-order valence-electron chi connectivity index (χ4n) is 3.37. The van der Waals surface area contributed by atoms with E-state index in [1.165, 1.54) is 37.7 Å². The Hall–Kier alpha value is -0.530. The Bertz CT molecular complexity index is 396. The van der Waals surface area contributed by atoms with Gasteiger partial charge >= 0.3 is 0 Å². The normalized spacial score (nSPS) is 33.6. The van der Waals surface area contributed by atoms with Gasteiger partial charge in [0.05, 0.1) is 0 Å². The molecule has 2 atom stereocenters. The maximum Gasteiger partial charge on any atom is 0.0412 e. The van der Waals surface area contributed by atoms with Gasteiger partial charge in [0.15, 0.2) is 0 Å². The molecule has 2 aliphatic rings. The van der Waals surface area contributed by atoms with Crippen LogP contribution in [0.5, 0.6) is 0 Å². The minimum Gasteiger partial charge on any atom is -0.321 e. The summed E-state index contributed by atoms with van der Waals surface area (Å²) >= 11 is 5.94. The lowest BCUT2D eigenvalue weighted by molar-refractivity contribution is 0.206. The van der Waals surface area contributed by atoms with Gasteiger partial charge in [0.25, 0.3) is 0 Å². The molecule has 0 amide bonds. The van der Waals surface area contributed by atoms with Crippen molar-refractivity contribution in [3.8, 4) is 0 Å². The molecule has 2 heteroatoms. The summed E-state index contributed by atoms with van der Waals surface area (Å²) in [7, 11) is 0. The van der Waals surface area contributed by atoms with E-state index in [1.807, 2.05) is 12.1 Å². The first kappa shape index (κ1) is 11.6. The van der Waals surface area contributed by atoms with Crippen molar-refractivity contribution in [3.63, 3.8) is 0 Å². The molecule has 2 saturated carbocycles. The largest absolute Gasteiger partial charge is 0.321 e. The molecule has 1 aromatic rings. The van der Waals surface area contributed by atoms with Crippen LogP contribution in [0.4, 0.5) is 0 Å². The second-order valence-electron chi connectivity index (χ2n) is 5.86. The van der Waals surface area contributed by atoms with Gasteiger partial charge in [-0.1, -0.05) is 36.6 Å². The zero-order valence-electron chi connectivity index (χ0n) is 10.2. The summed E-state index contributed by atoms with van der Waals surface area (Å²) in [4.78, 5) is 0. The van der Waals surface area contributed by atoms with Crippen LogP contribution in [0.1, 0.15) is 44.1 Å². The first-order chi connectivity index (χ1) is 8.17. The van der Waals surface area contributed by atoms with Crippen molar-refractivity contribution >= 4 is 11.6 Å². The lowest BCUT2D eigenvalue weighted by atomic mass is 9.71. The molecule has 0 radical (unpaired) electrons. The molecule has 0 spiro atoms. The number of nitrogens with two attached hydrogens (primary N) is 1. The highest BCUT2D eigenvalue weighted by Crippen LogP contribution is 2.48. The fourth-order valence-corrected chi connectivity index (χ4v) is 3.49. The van der Waals surface area contributed by atoms with Crippen molar-refractivity contribution in [2.24, 2.45) is 17.6 Å². The third-order valence-electron chi connectivity index (χ3n) is 4.53. The summed E-state index contributed by atoms with van der Waals surface area (Å²) in [6.45, 7) is 0. The quantitative estimate of drug-likeness (QED) is 0.839. The molecule has 17 heavy (non-hydrogen) atoms. The maximum atomic E-state index is 6.64. The van der Waals surface area contributed by atoms with E-state index in [2.05, 4.69) is 12.1 Å². The van der Waals surface area contributed by atoms with Crippen LogP contribution in [0.2, 0.25) is 5.02 Å². The van der Waals surface area contributed by atoms with Crippen LogP contribution in [-0.4, -0.2) is 0 Å². The van der Waals surface area contributed by atoms with Gasteiger partial charge in [0.1, 0.15) is 0 Å². The van der Waals surface area contributed by atoms with Crippen molar-refractivity contribution in [3.05, 3.63) is 34.9 Å². The zero-order chi connectivity index (χ0) is 11.9. The molecule has 0 saturated heterocycles. The molecule has 0 aromatic heterocycles. The SMILES string of the molecule is NC1(c2ccc(Cl)cc2)CCCC(C2CC2)C1. The van der Waals surface area contributed by atoms with E-state index < -0.39 is 0 Å². The van der Waals surface area contributed by atoms with E-state index in [9.17, 15) is 0 Å². The van der Waals surface area contributed by atoms with Gasteiger partial charge in [-0.2, -0.15) is 0 Å². The van der Waals surface area contributed by atoms with Gasteiger partial charge in [0.2, 0.25) is 0 Å². The highest BCUT2D eigenvalue weighted by Gasteiger charge is 2.40. The van der Waals surface area contributed by atoms with Crippen molar-refractivity contribution in [1.29, 1.82) is 0 Å². The van der Waals surface area contributed by atoms with Gasteiger partial charge in [-0.3, -0.25) is 0 Å². The van der Waals surface area contributed by atoms with Crippen LogP contribution in [0.15, 0.2) is 24.3 Å². The lowest BCUT2D eigenvalue weighted by Crippen LogP contribution is -2.41. The van der Waals surface area contributed by atoms with Crippen LogP contribution in [-0.2, 0) is 5.54 Å². The molecule has 2 aliphatic carbocycles. The molecule has 2 fully saturated rings. The predicted octanol–water partition coefficient (Wildman–Crippen LogP) is 4.09. The molecule has 0 bridgehead atoms. The minimum absolute atomic E-state index is 0.101. The first-order valence-corrected chi connectivity index (χ1v) is 7.10. The van der Waals surface area contributed by atoms with E-state index in [-0.39, 0.29) is 5.54 Å². The van der Waals surface area contributed by atoms with E-state index in [4.69, 9.17) is 17.3 Å². The van der Waals surface area contributed by atoms with Gasteiger partial charge < -0.3 is 5.73 Å². The van der Waals surface area contributed by atoms with Gasteiger partial charge in [-0.05, 0) is 55.2 Å². The number of rotatable bonds is 2. The summed E-state index contributed by atoms with van der Waals surface area (Å²) in [6.07, 6.45) is 7.82. The molecule has 1 aromatic carbocycles. The third kappa shape index (κ3) is 2.36. The smallest absolute Gasteiger partial charge is 0.0412 e. The molecule has 2 N–H and O–H groups in total. The Labute approximate surface area is 108 Å². The molecular formula is C15H20ClN. The summed E-state index contributed by atoms with van der Waals surface area (Å²) in [5.74, 6) is 1.84. The minimum atomic E-state index is -0.101. The standard InChI is InChI=1S/C15H20ClN/c16-14-7-5-13(6-8-14)15(17)9-1-2-12(10-15)11-3-4-11/h5-8,11-12H,1-4,9-10,17H2. The summed E-state index contributed by atoms with van der Waals surface area (Å²) in [5.41, 5.74) is 7.81. The average Bonchev–Trinajstić information content (AvgIpc) is 3.13. The average molecular weight is 250 g/mol. The first-order valence-electron chi connectivity index (χ1n) is 6.72. The Morgan fingerprint density at radius 3 is 2.41 bits per heavy atom. The number of benzene rings is 1. The van der Waals surface area contributed by atoms with Crippen molar-refractivity contribution in [1.82, 2.24) is 0 Å². The topological polar surface area (TPSA) is 26.0 Å². The highest BCUT2D eigenvalue weighted by molar-refractivity contribution is 6.30. The number of halogens is 1. The Balaban J connectivity index is 1.81. The Morgan fingerprint density at radius 1 is 1.06 bits per heavy atom. The molecule has 3 rings (SSSR count). The van der Waals surface area contributed by atoms with Crippen molar-refractivity contribution in [2.45, 2.75) is 44.1 Å². The zero-order valence-corrected chi connectivity index (χ0v) is 10.9. The Kier molecular flexibility index (Phi) is 2.92. The summed E-state index contributed by atoms with van der Waals surface area (Å²) in [5, 5.41) is 0.798. The lowest BCUT2D eigenvalue weighted by Gasteiger charge is -2.38. The van der Waals surface area contributed by atoms with E-state index in [1.54, 1.807) is 0 Å².